The lowest BCUT2D eigenvalue weighted by atomic mass is 9.48. The van der Waals surface area contributed by atoms with Gasteiger partial charge < -0.3 is 5.32 Å². The van der Waals surface area contributed by atoms with Crippen molar-refractivity contribution in [2.24, 2.45) is 17.8 Å². The van der Waals surface area contributed by atoms with Crippen LogP contribution in [0, 0.1) is 17.8 Å². The molecule has 4 saturated carbocycles. The Kier molecular flexibility index (Phi) is 5.47. The van der Waals surface area contributed by atoms with E-state index in [2.05, 4.69) is 10.4 Å². The summed E-state index contributed by atoms with van der Waals surface area (Å²) >= 11 is 6.13. The number of anilines is 1. The molecule has 1 amide bonds. The third kappa shape index (κ3) is 4.27. The Morgan fingerprint density at radius 3 is 2.38 bits per heavy atom. The minimum absolute atomic E-state index is 0.00733. The van der Waals surface area contributed by atoms with Gasteiger partial charge in [0, 0.05) is 28.9 Å². The van der Waals surface area contributed by atoms with Crippen LogP contribution in [-0.4, -0.2) is 25.5 Å². The maximum absolute atomic E-state index is 13.8. The Balaban J connectivity index is 1.19. The first-order chi connectivity index (χ1) is 18.0. The van der Waals surface area contributed by atoms with Crippen molar-refractivity contribution in [1.82, 2.24) is 19.6 Å². The quantitative estimate of drug-likeness (QED) is 0.322. The molecule has 1 N–H and O–H groups in total. The van der Waals surface area contributed by atoms with Crippen molar-refractivity contribution in [3.8, 4) is 5.69 Å². The van der Waals surface area contributed by atoms with E-state index >= 15 is 0 Å². The zero-order valence-corrected chi connectivity index (χ0v) is 21.4. The third-order valence-corrected chi connectivity index (χ3v) is 8.87. The maximum Gasteiger partial charge on any atom is 0.260 e. The molecule has 2 aromatic heterocycles. The summed E-state index contributed by atoms with van der Waals surface area (Å²) in [5.74, 6) is 2.71. The molecule has 0 saturated heterocycles. The number of aromatic nitrogens is 4. The number of halogens is 1. The predicted molar refractivity (Wildman–Crippen MR) is 144 cm³/mol. The number of para-hydroxylation sites is 1. The van der Waals surface area contributed by atoms with Gasteiger partial charge in [0.15, 0.2) is 5.82 Å². The number of carbonyl (C=O) groups is 1. The lowest BCUT2D eigenvalue weighted by Gasteiger charge is -2.56. The smallest absolute Gasteiger partial charge is 0.260 e. The molecule has 37 heavy (non-hydrogen) atoms. The second kappa shape index (κ2) is 8.88. The molecule has 4 aliphatic carbocycles. The molecule has 4 aliphatic rings. The Morgan fingerprint density at radius 2 is 1.68 bits per heavy atom. The number of hydrogen-bond acceptors (Lipinski definition) is 3. The molecule has 4 fully saturated rings. The monoisotopic (exact) mass is 511 g/mol. The summed E-state index contributed by atoms with van der Waals surface area (Å²) in [4.78, 5) is 13.8. The zero-order valence-electron chi connectivity index (χ0n) is 20.7. The minimum Gasteiger partial charge on any atom is -0.305 e. The van der Waals surface area contributed by atoms with Crippen LogP contribution >= 0.6 is 11.6 Å². The number of nitrogens with one attached hydrogen (secondary N) is 1. The van der Waals surface area contributed by atoms with E-state index in [1.807, 2.05) is 82.4 Å². The van der Waals surface area contributed by atoms with E-state index in [1.54, 1.807) is 0 Å². The highest BCUT2D eigenvalue weighted by Crippen LogP contribution is 2.60. The fraction of sp³-hybridized carbons (Fsp3) is 0.367. The number of benzene rings is 2. The molecule has 8 rings (SSSR count). The van der Waals surface area contributed by atoms with E-state index in [-0.39, 0.29) is 11.3 Å². The number of amides is 1. The number of nitrogens with zero attached hydrogens (tertiary/aromatic N) is 4. The summed E-state index contributed by atoms with van der Waals surface area (Å²) in [6.45, 7) is 0.584. The molecule has 0 unspecified atom stereocenters. The van der Waals surface area contributed by atoms with Crippen LogP contribution in [-0.2, 0) is 12.0 Å². The molecule has 7 heteroatoms. The molecule has 0 radical (unpaired) electrons. The molecule has 4 bridgehead atoms. The molecule has 2 aromatic carbocycles. The number of hydrogen-bond donors (Lipinski definition) is 1. The fourth-order valence-corrected chi connectivity index (χ4v) is 7.78. The average molecular weight is 512 g/mol. The van der Waals surface area contributed by atoms with Crippen LogP contribution in [0.25, 0.3) is 5.69 Å². The van der Waals surface area contributed by atoms with Crippen molar-refractivity contribution in [1.29, 1.82) is 0 Å². The van der Waals surface area contributed by atoms with E-state index in [1.165, 1.54) is 19.3 Å². The Hall–Kier alpha value is -3.38. The first-order valence-electron chi connectivity index (χ1n) is 13.3. The molecular weight excluding hydrogens is 482 g/mol. The summed E-state index contributed by atoms with van der Waals surface area (Å²) in [6, 6.07) is 19.7. The van der Waals surface area contributed by atoms with E-state index in [0.29, 0.717) is 22.9 Å². The van der Waals surface area contributed by atoms with Gasteiger partial charge in [-0.05, 0) is 86.1 Å². The fourth-order valence-electron chi connectivity index (χ4n) is 7.57. The maximum atomic E-state index is 13.8. The van der Waals surface area contributed by atoms with Crippen LogP contribution in [0.3, 0.4) is 0 Å². The first-order valence-corrected chi connectivity index (χ1v) is 13.7. The van der Waals surface area contributed by atoms with E-state index in [4.69, 9.17) is 16.7 Å². The molecular formula is C30H30ClN5O. The molecule has 4 aromatic rings. The van der Waals surface area contributed by atoms with Gasteiger partial charge in [-0.25, -0.2) is 4.68 Å². The van der Waals surface area contributed by atoms with E-state index in [0.717, 1.165) is 54.0 Å². The van der Waals surface area contributed by atoms with Crippen LogP contribution in [0.4, 0.5) is 5.82 Å². The van der Waals surface area contributed by atoms with Gasteiger partial charge in [0.25, 0.3) is 5.91 Å². The molecule has 188 valence electrons. The average Bonchev–Trinajstić information content (AvgIpc) is 3.52. The minimum atomic E-state index is -0.138. The standard InChI is InChI=1S/C30H30ClN5O/c31-24-6-4-5-20(14-24)18-35-10-9-27(33-35)32-29(37)26-19-36(25-7-2-1-3-8-25)34-28(26)30-15-21-11-22(16-30)13-23(12-21)17-30/h1-10,14,19,21-23H,11-13,15-18H2,(H,32,33,37). The van der Waals surface area contributed by atoms with Crippen LogP contribution < -0.4 is 5.32 Å². The Bertz CT molecular complexity index is 1420. The van der Waals surface area contributed by atoms with Gasteiger partial charge in [0.2, 0.25) is 0 Å². The van der Waals surface area contributed by atoms with Gasteiger partial charge >= 0.3 is 0 Å². The molecule has 0 spiro atoms. The molecule has 0 atom stereocenters. The topological polar surface area (TPSA) is 64.7 Å². The predicted octanol–water partition coefficient (Wildman–Crippen LogP) is 6.49. The lowest BCUT2D eigenvalue weighted by Crippen LogP contribution is -2.49. The third-order valence-electron chi connectivity index (χ3n) is 8.64. The van der Waals surface area contributed by atoms with E-state index < -0.39 is 0 Å². The molecule has 0 aliphatic heterocycles. The number of carbonyl (C=O) groups excluding carboxylic acids is 1. The lowest BCUT2D eigenvalue weighted by molar-refractivity contribution is -0.00765. The highest BCUT2D eigenvalue weighted by molar-refractivity contribution is 6.30. The molecule has 2 heterocycles. The van der Waals surface area contributed by atoms with Crippen LogP contribution in [0.5, 0.6) is 0 Å². The van der Waals surface area contributed by atoms with Gasteiger partial charge in [-0.2, -0.15) is 10.2 Å². The highest BCUT2D eigenvalue weighted by Gasteiger charge is 2.54. The molecule has 6 nitrogen and oxygen atoms in total. The summed E-state index contributed by atoms with van der Waals surface area (Å²) in [5.41, 5.74) is 3.69. The highest BCUT2D eigenvalue weighted by atomic mass is 35.5. The summed E-state index contributed by atoms with van der Waals surface area (Å²) in [7, 11) is 0. The second-order valence-corrected chi connectivity index (χ2v) is 11.8. The van der Waals surface area contributed by atoms with Crippen molar-refractivity contribution in [2.45, 2.75) is 50.5 Å². The summed E-state index contributed by atoms with van der Waals surface area (Å²) in [5, 5.41) is 13.5. The Morgan fingerprint density at radius 1 is 0.946 bits per heavy atom. The Labute approximate surface area is 221 Å². The van der Waals surface area contributed by atoms with Gasteiger partial charge in [0.05, 0.1) is 23.5 Å². The van der Waals surface area contributed by atoms with Crippen LogP contribution in [0.2, 0.25) is 5.02 Å². The van der Waals surface area contributed by atoms with Crippen LogP contribution in [0.1, 0.15) is 60.1 Å². The van der Waals surface area contributed by atoms with Crippen molar-refractivity contribution in [2.75, 3.05) is 5.32 Å². The second-order valence-electron chi connectivity index (χ2n) is 11.4. The van der Waals surface area contributed by atoms with Crippen molar-refractivity contribution in [3.05, 3.63) is 94.9 Å². The zero-order chi connectivity index (χ0) is 25.0. The summed E-state index contributed by atoms with van der Waals surface area (Å²) < 4.78 is 3.70. The van der Waals surface area contributed by atoms with Crippen molar-refractivity contribution >= 4 is 23.3 Å². The normalized spacial score (nSPS) is 25.9. The van der Waals surface area contributed by atoms with Gasteiger partial charge in [-0.15, -0.1) is 0 Å². The van der Waals surface area contributed by atoms with E-state index in [9.17, 15) is 4.79 Å². The van der Waals surface area contributed by atoms with Gasteiger partial charge in [0.1, 0.15) is 0 Å². The van der Waals surface area contributed by atoms with Crippen LogP contribution in [0.15, 0.2) is 73.1 Å². The first kappa shape index (κ1) is 22.8. The SMILES string of the molecule is O=C(Nc1ccn(Cc2cccc(Cl)c2)n1)c1cn(-c2ccccc2)nc1C12CC3CC(CC(C3)C1)C2. The number of rotatable bonds is 6. The largest absolute Gasteiger partial charge is 0.305 e. The van der Waals surface area contributed by atoms with Gasteiger partial charge in [-0.1, -0.05) is 41.9 Å². The summed E-state index contributed by atoms with van der Waals surface area (Å²) in [6.07, 6.45) is 11.3. The van der Waals surface area contributed by atoms with Gasteiger partial charge in [-0.3, -0.25) is 9.48 Å². The van der Waals surface area contributed by atoms with Crippen molar-refractivity contribution in [3.63, 3.8) is 0 Å². The van der Waals surface area contributed by atoms with Crippen molar-refractivity contribution < 1.29 is 4.79 Å².